The Morgan fingerprint density at radius 3 is 2.24 bits per heavy atom. The van der Waals surface area contributed by atoms with Crippen LogP contribution in [-0.4, -0.2) is 40.1 Å². The minimum atomic E-state index is -0.511. The van der Waals surface area contributed by atoms with Gasteiger partial charge < -0.3 is 14.4 Å². The lowest BCUT2D eigenvalue weighted by Crippen LogP contribution is -2.41. The highest BCUT2D eigenvalue weighted by molar-refractivity contribution is 6.30. The Kier molecular flexibility index (Phi) is 8.69. The van der Waals surface area contributed by atoms with Gasteiger partial charge in [-0.2, -0.15) is 0 Å². The number of hydrogen-bond acceptors (Lipinski definition) is 5. The molecule has 1 aromatic heterocycles. The van der Waals surface area contributed by atoms with E-state index >= 15 is 0 Å². The van der Waals surface area contributed by atoms with Crippen LogP contribution in [0.3, 0.4) is 0 Å². The predicted molar refractivity (Wildman–Crippen MR) is 150 cm³/mol. The van der Waals surface area contributed by atoms with E-state index in [1.807, 2.05) is 70.2 Å². The van der Waals surface area contributed by atoms with E-state index in [0.29, 0.717) is 52.1 Å². The number of benzene rings is 3. The van der Waals surface area contributed by atoms with Crippen molar-refractivity contribution in [2.75, 3.05) is 19.8 Å². The lowest BCUT2D eigenvalue weighted by molar-refractivity contribution is -0.136. The maximum Gasteiger partial charge on any atom is 0.266 e. The smallest absolute Gasteiger partial charge is 0.266 e. The minimum absolute atomic E-state index is 0.153. The summed E-state index contributed by atoms with van der Waals surface area (Å²) in [5, 5.41) is 1.10. The van der Waals surface area contributed by atoms with E-state index in [1.165, 1.54) is 0 Å². The molecule has 1 atom stereocenters. The SMILES string of the molecule is CCOc1ccc(-n2c(C(C)N(CC(C)C)C(=O)COc3ccc(Cl)cc3)nc3ccccc3c2=O)cc1. The molecule has 0 radical (unpaired) electrons. The second-order valence-electron chi connectivity index (χ2n) is 9.41. The normalized spacial score (nSPS) is 11.9. The fourth-order valence-corrected chi connectivity index (χ4v) is 4.43. The molecule has 198 valence electrons. The summed E-state index contributed by atoms with van der Waals surface area (Å²) in [5.41, 5.74) is 1.03. The molecule has 0 aliphatic rings. The number of nitrogens with zero attached hydrogens (tertiary/aromatic N) is 3. The third-order valence-electron chi connectivity index (χ3n) is 6.11. The topological polar surface area (TPSA) is 73.7 Å². The molecule has 4 rings (SSSR count). The molecule has 0 saturated heterocycles. The number of ether oxygens (including phenoxy) is 2. The lowest BCUT2D eigenvalue weighted by Gasteiger charge is -2.32. The van der Waals surface area contributed by atoms with Gasteiger partial charge in [-0.15, -0.1) is 0 Å². The van der Waals surface area contributed by atoms with Crippen molar-refractivity contribution in [2.45, 2.75) is 33.7 Å². The summed E-state index contributed by atoms with van der Waals surface area (Å²) in [4.78, 5) is 33.9. The van der Waals surface area contributed by atoms with Gasteiger partial charge in [0.1, 0.15) is 17.3 Å². The molecule has 0 spiro atoms. The Morgan fingerprint density at radius 2 is 1.58 bits per heavy atom. The maximum absolute atomic E-state index is 13.8. The van der Waals surface area contributed by atoms with Gasteiger partial charge in [-0.3, -0.25) is 14.2 Å². The van der Waals surface area contributed by atoms with E-state index in [0.717, 1.165) is 0 Å². The molecular formula is C30H32ClN3O4. The van der Waals surface area contributed by atoms with E-state index in [2.05, 4.69) is 0 Å². The first kappa shape index (κ1) is 27.2. The molecule has 8 heteroatoms. The standard InChI is InChI=1S/C30H32ClN3O4/c1-5-37-24-16-12-23(13-17-24)34-29(32-27-9-7-6-8-26(27)30(34)36)21(4)33(18-20(2)3)28(35)19-38-25-14-10-22(31)11-15-25/h6-17,20-21H,5,18-19H2,1-4H3. The van der Waals surface area contributed by atoms with Crippen LogP contribution in [0.15, 0.2) is 77.6 Å². The Bertz CT molecular complexity index is 1450. The average molecular weight is 534 g/mol. The van der Waals surface area contributed by atoms with Gasteiger partial charge in [-0.05, 0) is 80.4 Å². The zero-order valence-electron chi connectivity index (χ0n) is 22.1. The van der Waals surface area contributed by atoms with Crippen molar-refractivity contribution in [3.05, 3.63) is 94.0 Å². The third kappa shape index (κ3) is 6.17. The molecule has 3 aromatic carbocycles. The van der Waals surface area contributed by atoms with Crippen LogP contribution in [0.25, 0.3) is 16.6 Å². The number of para-hydroxylation sites is 1. The van der Waals surface area contributed by atoms with Crippen LogP contribution in [-0.2, 0) is 4.79 Å². The van der Waals surface area contributed by atoms with Crippen LogP contribution < -0.4 is 15.0 Å². The molecular weight excluding hydrogens is 502 g/mol. The molecule has 1 amide bonds. The second-order valence-corrected chi connectivity index (χ2v) is 9.85. The van der Waals surface area contributed by atoms with Crippen molar-refractivity contribution >= 4 is 28.4 Å². The highest BCUT2D eigenvalue weighted by Crippen LogP contribution is 2.25. The minimum Gasteiger partial charge on any atom is -0.494 e. The third-order valence-corrected chi connectivity index (χ3v) is 6.36. The van der Waals surface area contributed by atoms with E-state index in [-0.39, 0.29) is 24.0 Å². The van der Waals surface area contributed by atoms with Crippen molar-refractivity contribution in [2.24, 2.45) is 5.92 Å². The fraction of sp³-hybridized carbons (Fsp3) is 0.300. The zero-order chi connectivity index (χ0) is 27.2. The van der Waals surface area contributed by atoms with Gasteiger partial charge in [0.15, 0.2) is 6.61 Å². The van der Waals surface area contributed by atoms with Crippen LogP contribution >= 0.6 is 11.6 Å². The molecule has 1 heterocycles. The predicted octanol–water partition coefficient (Wildman–Crippen LogP) is 6.06. The van der Waals surface area contributed by atoms with Crippen LogP contribution in [0.1, 0.15) is 39.6 Å². The Morgan fingerprint density at radius 1 is 0.947 bits per heavy atom. The van der Waals surface area contributed by atoms with E-state index in [9.17, 15) is 9.59 Å². The molecule has 38 heavy (non-hydrogen) atoms. The summed E-state index contributed by atoms with van der Waals surface area (Å²) in [6.45, 7) is 8.76. The van der Waals surface area contributed by atoms with E-state index in [4.69, 9.17) is 26.1 Å². The van der Waals surface area contributed by atoms with Gasteiger partial charge in [-0.1, -0.05) is 37.6 Å². The zero-order valence-corrected chi connectivity index (χ0v) is 22.8. The number of carbonyl (C=O) groups excluding carboxylic acids is 1. The average Bonchev–Trinajstić information content (AvgIpc) is 2.91. The summed E-state index contributed by atoms with van der Waals surface area (Å²) in [5.74, 6) is 1.71. The number of amides is 1. The number of fused-ring (bicyclic) bond motifs is 1. The Hall–Kier alpha value is -3.84. The van der Waals surface area contributed by atoms with Crippen molar-refractivity contribution < 1.29 is 14.3 Å². The van der Waals surface area contributed by atoms with E-state index in [1.54, 1.807) is 39.8 Å². The molecule has 0 bridgehead atoms. The number of halogens is 1. The van der Waals surface area contributed by atoms with Gasteiger partial charge in [0.05, 0.1) is 29.2 Å². The summed E-state index contributed by atoms with van der Waals surface area (Å²) >= 11 is 5.96. The van der Waals surface area contributed by atoms with Gasteiger partial charge in [0.25, 0.3) is 11.5 Å². The Labute approximate surface area is 227 Å². The number of aromatic nitrogens is 2. The monoisotopic (exact) mass is 533 g/mol. The summed E-state index contributed by atoms with van der Waals surface area (Å²) < 4.78 is 12.9. The summed E-state index contributed by atoms with van der Waals surface area (Å²) in [7, 11) is 0. The van der Waals surface area contributed by atoms with Crippen LogP contribution in [0.2, 0.25) is 5.02 Å². The van der Waals surface area contributed by atoms with Gasteiger partial charge in [0.2, 0.25) is 0 Å². The largest absolute Gasteiger partial charge is 0.494 e. The van der Waals surface area contributed by atoms with Gasteiger partial charge in [0, 0.05) is 11.6 Å². The molecule has 0 aliphatic carbocycles. The van der Waals surface area contributed by atoms with Crippen molar-refractivity contribution in [1.82, 2.24) is 14.5 Å². The molecule has 0 saturated carbocycles. The first-order valence-corrected chi connectivity index (χ1v) is 13.1. The van der Waals surface area contributed by atoms with Crippen LogP contribution in [0.5, 0.6) is 11.5 Å². The molecule has 0 N–H and O–H groups in total. The van der Waals surface area contributed by atoms with Crippen LogP contribution in [0, 0.1) is 5.92 Å². The number of rotatable bonds is 10. The molecule has 1 unspecified atom stereocenters. The molecule has 7 nitrogen and oxygen atoms in total. The molecule has 0 aliphatic heterocycles. The van der Waals surface area contributed by atoms with Crippen molar-refractivity contribution in [3.8, 4) is 17.2 Å². The Balaban J connectivity index is 1.75. The second kappa shape index (κ2) is 12.1. The highest BCUT2D eigenvalue weighted by atomic mass is 35.5. The van der Waals surface area contributed by atoms with E-state index < -0.39 is 6.04 Å². The summed E-state index contributed by atoms with van der Waals surface area (Å²) in [6, 6.07) is 20.9. The highest BCUT2D eigenvalue weighted by Gasteiger charge is 2.28. The van der Waals surface area contributed by atoms with Gasteiger partial charge >= 0.3 is 0 Å². The number of hydrogen-bond donors (Lipinski definition) is 0. The summed E-state index contributed by atoms with van der Waals surface area (Å²) in [6.07, 6.45) is 0. The van der Waals surface area contributed by atoms with Crippen molar-refractivity contribution in [1.29, 1.82) is 0 Å². The molecule has 0 fully saturated rings. The van der Waals surface area contributed by atoms with Gasteiger partial charge in [-0.25, -0.2) is 4.98 Å². The first-order valence-electron chi connectivity index (χ1n) is 12.7. The number of carbonyl (C=O) groups is 1. The molecule has 4 aromatic rings. The first-order chi connectivity index (χ1) is 18.3. The maximum atomic E-state index is 13.8. The fourth-order valence-electron chi connectivity index (χ4n) is 4.31. The van der Waals surface area contributed by atoms with Crippen LogP contribution in [0.4, 0.5) is 0 Å². The quantitative estimate of drug-likeness (QED) is 0.247. The van der Waals surface area contributed by atoms with Crippen molar-refractivity contribution in [3.63, 3.8) is 0 Å². The lowest BCUT2D eigenvalue weighted by atomic mass is 10.1.